The molecule has 0 saturated heterocycles. The second-order valence-electron chi connectivity index (χ2n) is 4.42. The summed E-state index contributed by atoms with van der Waals surface area (Å²) in [5.74, 6) is -0.386. The van der Waals surface area contributed by atoms with Gasteiger partial charge in [0.1, 0.15) is 5.82 Å². The molecular formula is C16H16ClFO. The van der Waals surface area contributed by atoms with Gasteiger partial charge in [-0.1, -0.05) is 41.9 Å². The van der Waals surface area contributed by atoms with Crippen LogP contribution in [0.4, 0.5) is 4.39 Å². The third kappa shape index (κ3) is 3.79. The Bertz CT molecular complexity index is 537. The number of hydrogen-bond donors (Lipinski definition) is 0. The van der Waals surface area contributed by atoms with Gasteiger partial charge in [0, 0.05) is 13.7 Å². The molecule has 0 radical (unpaired) electrons. The minimum Gasteiger partial charge on any atom is -0.385 e. The lowest BCUT2D eigenvalue weighted by Gasteiger charge is -2.05. The lowest BCUT2D eigenvalue weighted by Crippen LogP contribution is -1.92. The Labute approximate surface area is 118 Å². The number of halogens is 2. The molecule has 100 valence electrons. The van der Waals surface area contributed by atoms with Gasteiger partial charge < -0.3 is 4.74 Å². The number of rotatable bonds is 5. The molecule has 0 aliphatic rings. The monoisotopic (exact) mass is 278 g/mol. The zero-order chi connectivity index (χ0) is 13.7. The van der Waals surface area contributed by atoms with E-state index in [0.29, 0.717) is 0 Å². The summed E-state index contributed by atoms with van der Waals surface area (Å²) in [6.45, 7) is 0.768. The third-order valence-corrected chi connectivity index (χ3v) is 3.33. The molecule has 0 heterocycles. The number of benzene rings is 2. The van der Waals surface area contributed by atoms with Crippen LogP contribution in [0.3, 0.4) is 0 Å². The zero-order valence-electron chi connectivity index (χ0n) is 10.8. The summed E-state index contributed by atoms with van der Waals surface area (Å²) in [6.07, 6.45) is 1.99. The molecule has 0 aliphatic carbocycles. The molecular weight excluding hydrogens is 263 g/mol. The Morgan fingerprint density at radius 2 is 1.74 bits per heavy atom. The second kappa shape index (κ2) is 6.69. The van der Waals surface area contributed by atoms with Crippen LogP contribution in [0.5, 0.6) is 0 Å². The molecule has 0 fully saturated rings. The van der Waals surface area contributed by atoms with Gasteiger partial charge >= 0.3 is 0 Å². The molecule has 0 spiro atoms. The van der Waals surface area contributed by atoms with Crippen molar-refractivity contribution in [3.63, 3.8) is 0 Å². The van der Waals surface area contributed by atoms with E-state index in [2.05, 4.69) is 12.1 Å². The Morgan fingerprint density at radius 1 is 1.05 bits per heavy atom. The quantitative estimate of drug-likeness (QED) is 0.719. The van der Waals surface area contributed by atoms with E-state index in [1.54, 1.807) is 13.2 Å². The van der Waals surface area contributed by atoms with Crippen molar-refractivity contribution in [2.24, 2.45) is 0 Å². The van der Waals surface area contributed by atoms with Gasteiger partial charge in [0.2, 0.25) is 0 Å². The van der Waals surface area contributed by atoms with E-state index in [1.807, 2.05) is 18.2 Å². The fourth-order valence-corrected chi connectivity index (χ4v) is 2.08. The Balaban J connectivity index is 2.11. The molecule has 3 heteroatoms. The van der Waals surface area contributed by atoms with Crippen molar-refractivity contribution in [1.82, 2.24) is 0 Å². The fourth-order valence-electron chi connectivity index (χ4n) is 1.96. The summed E-state index contributed by atoms with van der Waals surface area (Å²) in [5, 5.41) is 0.153. The van der Waals surface area contributed by atoms with Gasteiger partial charge in [-0.3, -0.25) is 0 Å². The van der Waals surface area contributed by atoms with Crippen molar-refractivity contribution in [2.75, 3.05) is 13.7 Å². The number of aryl methyl sites for hydroxylation is 1. The van der Waals surface area contributed by atoms with Gasteiger partial charge in [-0.15, -0.1) is 0 Å². The molecule has 0 unspecified atom stereocenters. The van der Waals surface area contributed by atoms with Crippen molar-refractivity contribution in [3.8, 4) is 11.1 Å². The molecule has 1 nitrogen and oxygen atoms in total. The summed E-state index contributed by atoms with van der Waals surface area (Å²) < 4.78 is 18.4. The summed E-state index contributed by atoms with van der Waals surface area (Å²) >= 11 is 5.68. The second-order valence-corrected chi connectivity index (χ2v) is 4.83. The summed E-state index contributed by atoms with van der Waals surface area (Å²) in [6, 6.07) is 13.0. The third-order valence-electron chi connectivity index (χ3n) is 3.02. The molecule has 0 saturated carbocycles. The van der Waals surface area contributed by atoms with Crippen molar-refractivity contribution >= 4 is 11.6 Å². The molecule has 0 N–H and O–H groups in total. The van der Waals surface area contributed by atoms with Crippen molar-refractivity contribution in [1.29, 1.82) is 0 Å². The van der Waals surface area contributed by atoms with Crippen molar-refractivity contribution < 1.29 is 9.13 Å². The maximum atomic E-state index is 13.4. The van der Waals surface area contributed by atoms with E-state index in [0.717, 1.165) is 30.6 Å². The standard InChI is InChI=1S/C16H16ClFO/c1-19-10-2-3-12-4-6-13(7-5-12)14-8-9-15(17)16(18)11-14/h4-9,11H,2-3,10H2,1H3. The molecule has 0 amide bonds. The Morgan fingerprint density at radius 3 is 2.37 bits per heavy atom. The SMILES string of the molecule is COCCCc1ccc(-c2ccc(Cl)c(F)c2)cc1. The van der Waals surface area contributed by atoms with Crippen LogP contribution in [0.15, 0.2) is 42.5 Å². The lowest BCUT2D eigenvalue weighted by molar-refractivity contribution is 0.195. The van der Waals surface area contributed by atoms with Gasteiger partial charge in [-0.25, -0.2) is 4.39 Å². The van der Waals surface area contributed by atoms with Crippen LogP contribution >= 0.6 is 11.6 Å². The van der Waals surface area contributed by atoms with Gasteiger partial charge in [-0.2, -0.15) is 0 Å². The maximum Gasteiger partial charge on any atom is 0.142 e. The summed E-state index contributed by atoms with van der Waals surface area (Å²) in [5.41, 5.74) is 3.09. The highest BCUT2D eigenvalue weighted by atomic mass is 35.5. The average molecular weight is 279 g/mol. The number of hydrogen-bond acceptors (Lipinski definition) is 1. The van der Waals surface area contributed by atoms with Crippen LogP contribution in [-0.2, 0) is 11.2 Å². The normalized spacial score (nSPS) is 10.7. The Kier molecular flexibility index (Phi) is 4.94. The van der Waals surface area contributed by atoms with E-state index in [1.165, 1.54) is 11.6 Å². The van der Waals surface area contributed by atoms with E-state index in [9.17, 15) is 4.39 Å². The first-order chi connectivity index (χ1) is 9.20. The maximum absolute atomic E-state index is 13.4. The molecule has 2 aromatic rings. The minimum absolute atomic E-state index is 0.153. The number of ether oxygens (including phenoxy) is 1. The van der Waals surface area contributed by atoms with Crippen LogP contribution in [0.2, 0.25) is 5.02 Å². The van der Waals surface area contributed by atoms with Crippen LogP contribution in [0, 0.1) is 5.82 Å². The van der Waals surface area contributed by atoms with Gasteiger partial charge in [0.05, 0.1) is 5.02 Å². The lowest BCUT2D eigenvalue weighted by atomic mass is 10.0. The predicted molar refractivity (Wildman–Crippen MR) is 77.0 cm³/mol. The smallest absolute Gasteiger partial charge is 0.142 e. The summed E-state index contributed by atoms with van der Waals surface area (Å²) in [4.78, 5) is 0. The van der Waals surface area contributed by atoms with Crippen molar-refractivity contribution in [3.05, 3.63) is 58.9 Å². The summed E-state index contributed by atoms with van der Waals surface area (Å²) in [7, 11) is 1.71. The first kappa shape index (κ1) is 14.0. The van der Waals surface area contributed by atoms with Gasteiger partial charge in [0.15, 0.2) is 0 Å². The molecule has 0 aliphatic heterocycles. The average Bonchev–Trinajstić information content (AvgIpc) is 2.43. The number of methoxy groups -OCH3 is 1. The topological polar surface area (TPSA) is 9.23 Å². The first-order valence-electron chi connectivity index (χ1n) is 6.24. The Hall–Kier alpha value is -1.38. The van der Waals surface area contributed by atoms with E-state index in [4.69, 9.17) is 16.3 Å². The molecule has 0 atom stereocenters. The van der Waals surface area contributed by atoms with Crippen LogP contribution in [0.1, 0.15) is 12.0 Å². The highest BCUT2D eigenvalue weighted by Gasteiger charge is 2.03. The molecule has 2 aromatic carbocycles. The van der Waals surface area contributed by atoms with Gasteiger partial charge in [0.25, 0.3) is 0 Å². The molecule has 0 aromatic heterocycles. The van der Waals surface area contributed by atoms with Crippen LogP contribution < -0.4 is 0 Å². The van der Waals surface area contributed by atoms with Gasteiger partial charge in [-0.05, 0) is 41.7 Å². The van der Waals surface area contributed by atoms with Crippen LogP contribution in [-0.4, -0.2) is 13.7 Å². The van der Waals surface area contributed by atoms with Crippen molar-refractivity contribution in [2.45, 2.75) is 12.8 Å². The first-order valence-corrected chi connectivity index (χ1v) is 6.62. The predicted octanol–water partition coefficient (Wildman–Crippen LogP) is 4.73. The largest absolute Gasteiger partial charge is 0.385 e. The highest BCUT2D eigenvalue weighted by molar-refractivity contribution is 6.30. The van der Waals surface area contributed by atoms with Crippen LogP contribution in [0.25, 0.3) is 11.1 Å². The molecule has 0 bridgehead atoms. The minimum atomic E-state index is -0.386. The zero-order valence-corrected chi connectivity index (χ0v) is 11.6. The van der Waals surface area contributed by atoms with E-state index in [-0.39, 0.29) is 10.8 Å². The molecule has 19 heavy (non-hydrogen) atoms. The highest BCUT2D eigenvalue weighted by Crippen LogP contribution is 2.24. The van der Waals surface area contributed by atoms with E-state index < -0.39 is 0 Å². The van der Waals surface area contributed by atoms with E-state index >= 15 is 0 Å². The fraction of sp³-hybridized carbons (Fsp3) is 0.250. The molecule has 2 rings (SSSR count).